The number of rotatable bonds is 6. The molecule has 0 unspecified atom stereocenters. The van der Waals surface area contributed by atoms with Crippen LogP contribution in [-0.2, 0) is 11.4 Å². The summed E-state index contributed by atoms with van der Waals surface area (Å²) in [6.45, 7) is 0.625. The van der Waals surface area contributed by atoms with E-state index < -0.39 is 0 Å². The van der Waals surface area contributed by atoms with Gasteiger partial charge in [0.2, 0.25) is 0 Å². The quantitative estimate of drug-likeness (QED) is 0.811. The minimum Gasteiger partial charge on any atom is -0.492 e. The number of ether oxygens (including phenoxy) is 2. The number of benzene rings is 1. The van der Waals surface area contributed by atoms with Crippen LogP contribution in [0.4, 0.5) is 0 Å². The van der Waals surface area contributed by atoms with Crippen LogP contribution in [0, 0.1) is 0 Å². The molecule has 0 aromatic heterocycles. The van der Waals surface area contributed by atoms with Crippen LogP contribution in [0.1, 0.15) is 31.2 Å². The lowest BCUT2D eigenvalue weighted by molar-refractivity contribution is 0.0866. The molecular weight excluding hydrogens is 310 g/mol. The third kappa shape index (κ3) is 3.84. The summed E-state index contributed by atoms with van der Waals surface area (Å²) in [5.41, 5.74) is 3.92. The van der Waals surface area contributed by atoms with Gasteiger partial charge in [-0.25, -0.2) is 0 Å². The molecule has 1 saturated carbocycles. The fourth-order valence-corrected chi connectivity index (χ4v) is 3.00. The zero-order valence-corrected chi connectivity index (χ0v) is 13.0. The summed E-state index contributed by atoms with van der Waals surface area (Å²) < 4.78 is 12.4. The molecule has 1 N–H and O–H groups in total. The summed E-state index contributed by atoms with van der Waals surface area (Å²) in [5, 5.41) is 0. The third-order valence-corrected chi connectivity index (χ3v) is 3.88. The molecule has 0 heterocycles. The monoisotopic (exact) mass is 329 g/mol. The normalized spacial score (nSPS) is 15.7. The van der Waals surface area contributed by atoms with E-state index in [2.05, 4.69) is 21.4 Å². The number of hydroxylamine groups is 1. The molecule has 0 saturated heterocycles. The van der Waals surface area contributed by atoms with Crippen LogP contribution in [0.3, 0.4) is 0 Å². The Kier molecular flexibility index (Phi) is 5.48. The maximum absolute atomic E-state index is 6.08. The zero-order valence-electron chi connectivity index (χ0n) is 11.4. The topological polar surface area (TPSA) is 39.7 Å². The molecule has 1 aliphatic rings. The van der Waals surface area contributed by atoms with Gasteiger partial charge in [-0.05, 0) is 59.3 Å². The molecule has 1 fully saturated rings. The van der Waals surface area contributed by atoms with Crippen molar-refractivity contribution < 1.29 is 14.3 Å². The molecule has 1 aromatic carbocycles. The average Bonchev–Trinajstić information content (AvgIpc) is 2.89. The number of halogens is 1. The van der Waals surface area contributed by atoms with E-state index in [4.69, 9.17) is 14.3 Å². The average molecular weight is 330 g/mol. The van der Waals surface area contributed by atoms with E-state index in [9.17, 15) is 0 Å². The van der Waals surface area contributed by atoms with Crippen LogP contribution in [0.15, 0.2) is 16.6 Å². The third-order valence-electron chi connectivity index (χ3n) is 3.29. The molecule has 0 amide bonds. The Bertz CT molecular complexity index is 419. The molecule has 0 radical (unpaired) electrons. The van der Waals surface area contributed by atoms with Gasteiger partial charge in [0.05, 0.1) is 24.8 Å². The van der Waals surface area contributed by atoms with Gasteiger partial charge in [-0.2, -0.15) is 5.48 Å². The van der Waals surface area contributed by atoms with Crippen LogP contribution in [0.2, 0.25) is 0 Å². The molecule has 19 heavy (non-hydrogen) atoms. The van der Waals surface area contributed by atoms with Gasteiger partial charge >= 0.3 is 0 Å². The van der Waals surface area contributed by atoms with Gasteiger partial charge in [0, 0.05) is 6.54 Å². The van der Waals surface area contributed by atoms with Gasteiger partial charge in [0.15, 0.2) is 11.5 Å². The standard InChI is InChI=1S/C14H20BrNO3/c1-17-14-12(15)7-10(9-16-18-2)8-13(14)19-11-5-3-4-6-11/h7-8,11,16H,3-6,9H2,1-2H3. The largest absolute Gasteiger partial charge is 0.492 e. The van der Waals surface area contributed by atoms with Crippen molar-refractivity contribution in [3.8, 4) is 11.5 Å². The van der Waals surface area contributed by atoms with Gasteiger partial charge in [-0.15, -0.1) is 0 Å². The Balaban J connectivity index is 2.18. The molecule has 106 valence electrons. The molecule has 5 heteroatoms. The SMILES string of the molecule is CONCc1cc(Br)c(OC)c(OC2CCCC2)c1. The lowest BCUT2D eigenvalue weighted by Gasteiger charge is -2.18. The molecule has 4 nitrogen and oxygen atoms in total. The van der Waals surface area contributed by atoms with E-state index in [0.717, 1.165) is 34.4 Å². The van der Waals surface area contributed by atoms with Crippen molar-refractivity contribution in [3.05, 3.63) is 22.2 Å². The number of hydrogen-bond donors (Lipinski definition) is 1. The molecular formula is C14H20BrNO3. The fourth-order valence-electron chi connectivity index (χ4n) is 2.35. The van der Waals surface area contributed by atoms with Crippen molar-refractivity contribution in [1.82, 2.24) is 5.48 Å². The van der Waals surface area contributed by atoms with Crippen LogP contribution in [-0.4, -0.2) is 20.3 Å². The first-order valence-corrected chi connectivity index (χ1v) is 7.32. The lowest BCUT2D eigenvalue weighted by atomic mass is 10.2. The van der Waals surface area contributed by atoms with Crippen molar-refractivity contribution in [2.45, 2.75) is 38.3 Å². The predicted octanol–water partition coefficient (Wildman–Crippen LogP) is 3.43. The number of nitrogens with one attached hydrogen (secondary N) is 1. The van der Waals surface area contributed by atoms with E-state index in [1.54, 1.807) is 14.2 Å². The first-order chi connectivity index (χ1) is 9.24. The summed E-state index contributed by atoms with van der Waals surface area (Å²) in [6.07, 6.45) is 5.06. The Morgan fingerprint density at radius 3 is 2.63 bits per heavy atom. The molecule has 2 rings (SSSR count). The van der Waals surface area contributed by atoms with Crippen molar-refractivity contribution in [3.63, 3.8) is 0 Å². The maximum Gasteiger partial charge on any atom is 0.174 e. The van der Waals surface area contributed by atoms with E-state index in [0.29, 0.717) is 12.6 Å². The second kappa shape index (κ2) is 7.12. The Morgan fingerprint density at radius 1 is 1.26 bits per heavy atom. The smallest absolute Gasteiger partial charge is 0.174 e. The van der Waals surface area contributed by atoms with Crippen LogP contribution in [0.5, 0.6) is 11.5 Å². The Morgan fingerprint density at radius 2 is 2.00 bits per heavy atom. The van der Waals surface area contributed by atoms with E-state index in [1.165, 1.54) is 12.8 Å². The molecule has 0 bridgehead atoms. The van der Waals surface area contributed by atoms with Gasteiger partial charge in [0.25, 0.3) is 0 Å². The van der Waals surface area contributed by atoms with Gasteiger partial charge in [-0.1, -0.05) is 0 Å². The van der Waals surface area contributed by atoms with Gasteiger partial charge in [0.1, 0.15) is 0 Å². The van der Waals surface area contributed by atoms with Crippen LogP contribution < -0.4 is 15.0 Å². The fraction of sp³-hybridized carbons (Fsp3) is 0.571. The minimum absolute atomic E-state index is 0.312. The van der Waals surface area contributed by atoms with E-state index in [-0.39, 0.29) is 0 Å². The lowest BCUT2D eigenvalue weighted by Crippen LogP contribution is -2.14. The van der Waals surface area contributed by atoms with E-state index >= 15 is 0 Å². The van der Waals surface area contributed by atoms with Crippen molar-refractivity contribution in [1.29, 1.82) is 0 Å². The Hall–Kier alpha value is -0.780. The van der Waals surface area contributed by atoms with Gasteiger partial charge in [-0.3, -0.25) is 0 Å². The molecule has 1 aliphatic carbocycles. The number of methoxy groups -OCH3 is 1. The highest BCUT2D eigenvalue weighted by Crippen LogP contribution is 2.38. The highest BCUT2D eigenvalue weighted by Gasteiger charge is 2.20. The summed E-state index contributed by atoms with van der Waals surface area (Å²) >= 11 is 3.53. The molecule has 1 aromatic rings. The van der Waals surface area contributed by atoms with Gasteiger partial charge < -0.3 is 14.3 Å². The van der Waals surface area contributed by atoms with Crippen molar-refractivity contribution in [2.24, 2.45) is 0 Å². The minimum atomic E-state index is 0.312. The van der Waals surface area contributed by atoms with Crippen LogP contribution >= 0.6 is 15.9 Å². The highest BCUT2D eigenvalue weighted by atomic mass is 79.9. The summed E-state index contributed by atoms with van der Waals surface area (Å²) in [4.78, 5) is 4.88. The Labute approximate surface area is 122 Å². The summed E-state index contributed by atoms with van der Waals surface area (Å²) in [6, 6.07) is 4.01. The first-order valence-electron chi connectivity index (χ1n) is 6.53. The number of hydrogen-bond acceptors (Lipinski definition) is 4. The highest BCUT2D eigenvalue weighted by molar-refractivity contribution is 9.10. The molecule has 0 aliphatic heterocycles. The zero-order chi connectivity index (χ0) is 13.7. The van der Waals surface area contributed by atoms with Crippen molar-refractivity contribution >= 4 is 15.9 Å². The van der Waals surface area contributed by atoms with E-state index in [1.807, 2.05) is 12.1 Å². The van der Waals surface area contributed by atoms with Crippen LogP contribution in [0.25, 0.3) is 0 Å². The molecule has 0 spiro atoms. The molecule has 0 atom stereocenters. The second-order valence-electron chi connectivity index (χ2n) is 4.66. The summed E-state index contributed by atoms with van der Waals surface area (Å²) in [7, 11) is 3.27. The second-order valence-corrected chi connectivity index (χ2v) is 5.51. The first kappa shape index (κ1) is 14.6. The van der Waals surface area contributed by atoms with Crippen molar-refractivity contribution in [2.75, 3.05) is 14.2 Å². The maximum atomic E-state index is 6.08. The predicted molar refractivity (Wildman–Crippen MR) is 77.4 cm³/mol. The summed E-state index contributed by atoms with van der Waals surface area (Å²) in [5.74, 6) is 1.56.